The number of anilines is 1. The first-order valence-electron chi connectivity index (χ1n) is 8.79. The van der Waals surface area contributed by atoms with Crippen molar-refractivity contribution < 1.29 is 9.90 Å². The van der Waals surface area contributed by atoms with E-state index in [0.717, 1.165) is 23.1 Å². The van der Waals surface area contributed by atoms with Gasteiger partial charge in [0, 0.05) is 16.8 Å². The molecule has 6 heteroatoms. The number of aryl methyl sites for hydroxylation is 2. The number of fused-ring (bicyclic) bond motifs is 2. The third kappa shape index (κ3) is 4.03. The second kappa shape index (κ2) is 8.29. The van der Waals surface area contributed by atoms with Crippen molar-refractivity contribution in [3.8, 4) is 5.75 Å². The van der Waals surface area contributed by atoms with Crippen LogP contribution in [0.1, 0.15) is 40.2 Å². The van der Waals surface area contributed by atoms with E-state index in [0.29, 0.717) is 10.6 Å². The molecule has 0 aliphatic heterocycles. The average molecular weight is 369 g/mol. The first-order valence-corrected chi connectivity index (χ1v) is 9.61. The summed E-state index contributed by atoms with van der Waals surface area (Å²) in [7, 11) is 1.50. The Balaban J connectivity index is 0.000000948. The Labute approximate surface area is 156 Å². The summed E-state index contributed by atoms with van der Waals surface area (Å²) in [4.78, 5) is 18.9. The highest BCUT2D eigenvalue weighted by Crippen LogP contribution is 2.29. The number of phenolic OH excluding ortho intramolecular Hbond substituents is 1. The summed E-state index contributed by atoms with van der Waals surface area (Å²) in [5, 5.41) is 13.2. The minimum Gasteiger partial charge on any atom is -0.508 e. The molecule has 136 valence electrons. The molecule has 0 spiro atoms. The second-order valence-electron chi connectivity index (χ2n) is 6.16. The molecule has 0 unspecified atom stereocenters. The number of benzene rings is 1. The molecule has 2 heterocycles. The normalized spacial score (nSPS) is 13.3. The van der Waals surface area contributed by atoms with Crippen LogP contribution in [0.5, 0.6) is 5.75 Å². The summed E-state index contributed by atoms with van der Waals surface area (Å²) in [6.07, 6.45) is 5.81. The van der Waals surface area contributed by atoms with E-state index in [-0.39, 0.29) is 11.7 Å². The fourth-order valence-corrected chi connectivity index (χ4v) is 4.05. The summed E-state index contributed by atoms with van der Waals surface area (Å²) in [5.74, 6) is 0.0412. The van der Waals surface area contributed by atoms with E-state index < -0.39 is 0 Å². The molecule has 2 aromatic heterocycles. The summed E-state index contributed by atoms with van der Waals surface area (Å²) < 4.78 is 0. The van der Waals surface area contributed by atoms with Crippen LogP contribution in [0.3, 0.4) is 0 Å². The van der Waals surface area contributed by atoms with Gasteiger partial charge in [0.2, 0.25) is 0 Å². The number of carbonyl (C=O) groups is 1. The predicted octanol–water partition coefficient (Wildman–Crippen LogP) is 4.10. The van der Waals surface area contributed by atoms with E-state index in [1.165, 1.54) is 48.9 Å². The number of thiophene rings is 1. The van der Waals surface area contributed by atoms with Crippen LogP contribution < -0.4 is 11.1 Å². The average Bonchev–Trinajstić information content (AvgIpc) is 2.94. The van der Waals surface area contributed by atoms with Gasteiger partial charge in [0.05, 0.1) is 4.88 Å². The van der Waals surface area contributed by atoms with Crippen molar-refractivity contribution in [3.63, 3.8) is 0 Å². The molecule has 0 bridgehead atoms. The van der Waals surface area contributed by atoms with Gasteiger partial charge >= 0.3 is 0 Å². The first-order chi connectivity index (χ1) is 12.7. The molecule has 3 aromatic rings. The number of aromatic nitrogens is 1. The molecular formula is C20H23N3O2S. The second-order valence-corrected chi connectivity index (χ2v) is 7.19. The van der Waals surface area contributed by atoms with Gasteiger partial charge in [-0.15, -0.1) is 11.3 Å². The van der Waals surface area contributed by atoms with Crippen molar-refractivity contribution in [2.24, 2.45) is 5.73 Å². The Morgan fingerprint density at radius 3 is 2.62 bits per heavy atom. The molecule has 1 amide bonds. The lowest BCUT2D eigenvalue weighted by Gasteiger charge is -2.03. The van der Waals surface area contributed by atoms with Crippen LogP contribution in [0.15, 0.2) is 36.4 Å². The highest BCUT2D eigenvalue weighted by molar-refractivity contribution is 7.20. The van der Waals surface area contributed by atoms with Crippen LogP contribution in [0.4, 0.5) is 5.69 Å². The topological polar surface area (TPSA) is 88.2 Å². The molecule has 4 rings (SSSR count). The predicted molar refractivity (Wildman–Crippen MR) is 107 cm³/mol. The molecule has 1 aliphatic rings. The Morgan fingerprint density at radius 2 is 1.85 bits per heavy atom. The zero-order valence-corrected chi connectivity index (χ0v) is 15.6. The Morgan fingerprint density at radius 1 is 1.12 bits per heavy atom. The van der Waals surface area contributed by atoms with Gasteiger partial charge in [-0.2, -0.15) is 0 Å². The molecule has 4 N–H and O–H groups in total. The van der Waals surface area contributed by atoms with Gasteiger partial charge in [-0.25, -0.2) is 4.98 Å². The third-order valence-electron chi connectivity index (χ3n) is 4.39. The van der Waals surface area contributed by atoms with Crippen LogP contribution in [-0.2, 0) is 12.8 Å². The monoisotopic (exact) mass is 369 g/mol. The summed E-state index contributed by atoms with van der Waals surface area (Å²) in [6.45, 7) is 0. The standard InChI is InChI=1S/C19H18N2O2S.CH5N/c22-15-8-6-14(7-9-15)20-18(23)17-11-13-10-12-4-2-1-3-5-16(12)21-19(13)24-17;1-2/h6-11,22H,1-5H2,(H,20,23);2H2,1H3. The van der Waals surface area contributed by atoms with Crippen molar-refractivity contribution in [3.05, 3.63) is 52.5 Å². The Kier molecular flexibility index (Phi) is 5.85. The summed E-state index contributed by atoms with van der Waals surface area (Å²) in [5.41, 5.74) is 7.70. The Hall–Kier alpha value is -2.44. The molecule has 0 radical (unpaired) electrons. The number of amides is 1. The van der Waals surface area contributed by atoms with Crippen LogP contribution in [0, 0.1) is 0 Å². The zero-order valence-electron chi connectivity index (χ0n) is 14.8. The molecule has 0 saturated heterocycles. The molecule has 26 heavy (non-hydrogen) atoms. The summed E-state index contributed by atoms with van der Waals surface area (Å²) >= 11 is 1.43. The number of hydrogen-bond donors (Lipinski definition) is 3. The minimum absolute atomic E-state index is 0.140. The quantitative estimate of drug-likeness (QED) is 0.469. The summed E-state index contributed by atoms with van der Waals surface area (Å²) in [6, 6.07) is 10.6. The number of carbonyl (C=O) groups excluding carboxylic acids is 1. The molecule has 0 saturated carbocycles. The van der Waals surface area contributed by atoms with Crippen LogP contribution in [-0.4, -0.2) is 23.0 Å². The van der Waals surface area contributed by atoms with E-state index in [4.69, 9.17) is 4.98 Å². The third-order valence-corrected chi connectivity index (χ3v) is 5.43. The van der Waals surface area contributed by atoms with Crippen molar-refractivity contribution in [2.45, 2.75) is 32.1 Å². The van der Waals surface area contributed by atoms with Gasteiger partial charge in [-0.1, -0.05) is 6.42 Å². The van der Waals surface area contributed by atoms with Crippen molar-refractivity contribution >= 4 is 33.1 Å². The van der Waals surface area contributed by atoms with Crippen molar-refractivity contribution in [2.75, 3.05) is 12.4 Å². The van der Waals surface area contributed by atoms with Crippen LogP contribution in [0.2, 0.25) is 0 Å². The van der Waals surface area contributed by atoms with Gasteiger partial charge in [-0.05, 0) is 74.7 Å². The lowest BCUT2D eigenvalue weighted by atomic mass is 10.1. The van der Waals surface area contributed by atoms with Crippen molar-refractivity contribution in [1.82, 2.24) is 4.98 Å². The van der Waals surface area contributed by atoms with Crippen LogP contribution >= 0.6 is 11.3 Å². The van der Waals surface area contributed by atoms with E-state index >= 15 is 0 Å². The van der Waals surface area contributed by atoms with Gasteiger partial charge in [0.25, 0.3) is 5.91 Å². The van der Waals surface area contributed by atoms with Gasteiger partial charge in [0.1, 0.15) is 10.6 Å². The maximum atomic E-state index is 12.5. The number of aromatic hydroxyl groups is 1. The van der Waals surface area contributed by atoms with Crippen molar-refractivity contribution in [1.29, 1.82) is 0 Å². The Bertz CT molecular complexity index is 860. The van der Waals surface area contributed by atoms with E-state index in [1.807, 2.05) is 6.07 Å². The number of nitrogens with one attached hydrogen (secondary N) is 1. The van der Waals surface area contributed by atoms with Gasteiger partial charge in [-0.3, -0.25) is 4.79 Å². The number of pyridine rings is 1. The minimum atomic E-state index is -0.140. The van der Waals surface area contributed by atoms with Gasteiger partial charge < -0.3 is 16.2 Å². The maximum absolute atomic E-state index is 12.5. The molecule has 0 atom stereocenters. The van der Waals surface area contributed by atoms with E-state index in [1.54, 1.807) is 24.3 Å². The molecule has 1 aromatic carbocycles. The molecule has 5 nitrogen and oxygen atoms in total. The zero-order chi connectivity index (χ0) is 18.5. The van der Waals surface area contributed by atoms with E-state index in [9.17, 15) is 9.90 Å². The largest absolute Gasteiger partial charge is 0.508 e. The molecule has 0 fully saturated rings. The first kappa shape index (κ1) is 18.4. The molecule has 1 aliphatic carbocycles. The number of nitrogens with two attached hydrogens (primary N) is 1. The lowest BCUT2D eigenvalue weighted by Crippen LogP contribution is -2.09. The number of hydrogen-bond acceptors (Lipinski definition) is 5. The number of rotatable bonds is 2. The smallest absolute Gasteiger partial charge is 0.265 e. The number of nitrogens with zero attached hydrogens (tertiary/aromatic N) is 1. The molecular weight excluding hydrogens is 346 g/mol. The maximum Gasteiger partial charge on any atom is 0.265 e. The van der Waals surface area contributed by atoms with Crippen LogP contribution in [0.25, 0.3) is 10.2 Å². The lowest BCUT2D eigenvalue weighted by molar-refractivity contribution is 0.103. The number of phenols is 1. The fraction of sp³-hybridized carbons (Fsp3) is 0.300. The van der Waals surface area contributed by atoms with E-state index in [2.05, 4.69) is 17.1 Å². The SMILES string of the molecule is CN.O=C(Nc1ccc(O)cc1)c1cc2cc3c(nc2s1)CCCCC3. The highest BCUT2D eigenvalue weighted by atomic mass is 32.1. The highest BCUT2D eigenvalue weighted by Gasteiger charge is 2.15. The fourth-order valence-electron chi connectivity index (χ4n) is 3.12. The van der Waals surface area contributed by atoms with Gasteiger partial charge in [0.15, 0.2) is 0 Å².